The van der Waals surface area contributed by atoms with Crippen LogP contribution in [-0.2, 0) is 4.74 Å². The Labute approximate surface area is 110 Å². The predicted octanol–water partition coefficient (Wildman–Crippen LogP) is 1.52. The first kappa shape index (κ1) is 13.8. The van der Waals surface area contributed by atoms with Gasteiger partial charge in [0.05, 0.1) is 18.3 Å². The van der Waals surface area contributed by atoms with E-state index in [-0.39, 0.29) is 11.1 Å². The number of nitrogens with zero attached hydrogens (tertiary/aromatic N) is 2. The van der Waals surface area contributed by atoms with E-state index < -0.39 is 0 Å². The van der Waals surface area contributed by atoms with Gasteiger partial charge in [-0.1, -0.05) is 0 Å². The Morgan fingerprint density at radius 3 is 2.83 bits per heavy atom. The number of ether oxygens (including phenoxy) is 1. The van der Waals surface area contributed by atoms with E-state index in [2.05, 4.69) is 30.1 Å². The molecule has 2 rings (SSSR count). The van der Waals surface area contributed by atoms with Crippen LogP contribution >= 0.6 is 0 Å². The SMILES string of the molecule is CNC1(C#N)CCCC(N2CCOC(C)(C)C2)C1. The number of hydrogen-bond acceptors (Lipinski definition) is 4. The van der Waals surface area contributed by atoms with Gasteiger partial charge >= 0.3 is 0 Å². The van der Waals surface area contributed by atoms with E-state index in [0.29, 0.717) is 6.04 Å². The molecule has 2 aliphatic rings. The average Bonchev–Trinajstić information content (AvgIpc) is 2.37. The lowest BCUT2D eigenvalue weighted by Gasteiger charge is -2.46. The van der Waals surface area contributed by atoms with Crippen LogP contribution < -0.4 is 5.32 Å². The van der Waals surface area contributed by atoms with Crippen LogP contribution in [0.5, 0.6) is 0 Å². The molecule has 1 N–H and O–H groups in total. The molecule has 1 heterocycles. The molecule has 0 aromatic rings. The molecule has 102 valence electrons. The number of rotatable bonds is 2. The van der Waals surface area contributed by atoms with E-state index >= 15 is 0 Å². The van der Waals surface area contributed by atoms with E-state index in [0.717, 1.165) is 39.0 Å². The highest BCUT2D eigenvalue weighted by Crippen LogP contribution is 2.32. The van der Waals surface area contributed by atoms with Crippen molar-refractivity contribution < 1.29 is 4.74 Å². The van der Waals surface area contributed by atoms with Crippen molar-refractivity contribution in [2.24, 2.45) is 0 Å². The normalized spacial score (nSPS) is 37.1. The minimum atomic E-state index is -0.314. The van der Waals surface area contributed by atoms with Gasteiger partial charge in [0.1, 0.15) is 5.54 Å². The van der Waals surface area contributed by atoms with Crippen LogP contribution in [0.25, 0.3) is 0 Å². The smallest absolute Gasteiger partial charge is 0.108 e. The van der Waals surface area contributed by atoms with Crippen LogP contribution in [0.4, 0.5) is 0 Å². The highest BCUT2D eigenvalue weighted by Gasteiger charge is 2.39. The van der Waals surface area contributed by atoms with Gasteiger partial charge in [0, 0.05) is 19.1 Å². The Balaban J connectivity index is 2.03. The highest BCUT2D eigenvalue weighted by molar-refractivity contribution is 5.10. The maximum Gasteiger partial charge on any atom is 0.108 e. The number of nitriles is 1. The van der Waals surface area contributed by atoms with Crippen LogP contribution in [0, 0.1) is 11.3 Å². The van der Waals surface area contributed by atoms with Gasteiger partial charge in [-0.3, -0.25) is 4.90 Å². The Bertz CT molecular complexity index is 336. The maximum absolute atomic E-state index is 9.40. The van der Waals surface area contributed by atoms with E-state index in [4.69, 9.17) is 4.74 Å². The molecule has 0 aromatic heterocycles. The van der Waals surface area contributed by atoms with Crippen LogP contribution in [0.1, 0.15) is 39.5 Å². The molecule has 1 saturated carbocycles. The Hall–Kier alpha value is -0.630. The molecular weight excluding hydrogens is 226 g/mol. The fraction of sp³-hybridized carbons (Fsp3) is 0.929. The van der Waals surface area contributed by atoms with Gasteiger partial charge in [0.15, 0.2) is 0 Å². The molecule has 0 radical (unpaired) electrons. The molecule has 1 aliphatic heterocycles. The van der Waals surface area contributed by atoms with E-state index in [1.807, 2.05) is 7.05 Å². The summed E-state index contributed by atoms with van der Waals surface area (Å²) in [5.74, 6) is 0. The molecule has 0 amide bonds. The van der Waals surface area contributed by atoms with Gasteiger partial charge in [0.2, 0.25) is 0 Å². The first-order valence-corrected chi connectivity index (χ1v) is 6.98. The topological polar surface area (TPSA) is 48.3 Å². The largest absolute Gasteiger partial charge is 0.373 e. The minimum absolute atomic E-state index is 0.0509. The first-order valence-electron chi connectivity index (χ1n) is 6.98. The van der Waals surface area contributed by atoms with Crippen LogP contribution in [-0.4, -0.2) is 48.8 Å². The van der Waals surface area contributed by atoms with Crippen LogP contribution in [0.15, 0.2) is 0 Å². The molecule has 2 unspecified atom stereocenters. The van der Waals surface area contributed by atoms with Crippen molar-refractivity contribution >= 4 is 0 Å². The summed E-state index contributed by atoms with van der Waals surface area (Å²) < 4.78 is 5.77. The van der Waals surface area contributed by atoms with E-state index in [1.54, 1.807) is 0 Å². The molecule has 1 saturated heterocycles. The zero-order valence-corrected chi connectivity index (χ0v) is 11.8. The second kappa shape index (κ2) is 5.16. The monoisotopic (exact) mass is 251 g/mol. The number of morpholine rings is 1. The highest BCUT2D eigenvalue weighted by atomic mass is 16.5. The van der Waals surface area contributed by atoms with Crippen molar-refractivity contribution in [1.82, 2.24) is 10.2 Å². The van der Waals surface area contributed by atoms with Crippen LogP contribution in [0.3, 0.4) is 0 Å². The summed E-state index contributed by atoms with van der Waals surface area (Å²) in [5, 5.41) is 12.6. The number of hydrogen-bond donors (Lipinski definition) is 1. The lowest BCUT2D eigenvalue weighted by atomic mass is 9.79. The summed E-state index contributed by atoms with van der Waals surface area (Å²) in [5.41, 5.74) is -0.365. The maximum atomic E-state index is 9.40. The predicted molar refractivity (Wildman–Crippen MR) is 71.3 cm³/mol. The molecule has 18 heavy (non-hydrogen) atoms. The van der Waals surface area contributed by atoms with Crippen LogP contribution in [0.2, 0.25) is 0 Å². The van der Waals surface area contributed by atoms with Crippen molar-refractivity contribution in [1.29, 1.82) is 5.26 Å². The van der Waals surface area contributed by atoms with E-state index in [9.17, 15) is 5.26 Å². The summed E-state index contributed by atoms with van der Waals surface area (Å²) in [6, 6.07) is 3.01. The van der Waals surface area contributed by atoms with Gasteiger partial charge in [-0.25, -0.2) is 0 Å². The van der Waals surface area contributed by atoms with Crippen molar-refractivity contribution in [2.45, 2.75) is 56.7 Å². The molecule has 2 fully saturated rings. The fourth-order valence-electron chi connectivity index (χ4n) is 3.31. The summed E-state index contributed by atoms with van der Waals surface area (Å²) in [6.07, 6.45) is 4.26. The summed E-state index contributed by atoms with van der Waals surface area (Å²) in [4.78, 5) is 2.52. The minimum Gasteiger partial charge on any atom is -0.373 e. The summed E-state index contributed by atoms with van der Waals surface area (Å²) >= 11 is 0. The molecule has 4 heteroatoms. The Kier molecular flexibility index (Phi) is 3.96. The molecule has 0 bridgehead atoms. The second-order valence-electron chi connectivity index (χ2n) is 6.27. The lowest BCUT2D eigenvalue weighted by Crippen LogP contribution is -2.57. The average molecular weight is 251 g/mol. The number of nitrogens with one attached hydrogen (secondary N) is 1. The van der Waals surface area contributed by atoms with Gasteiger partial charge in [-0.05, 0) is 46.6 Å². The standard InChI is InChI=1S/C14H25N3O/c1-13(2)11-17(7-8-18-13)12-5-4-6-14(9-12,10-15)16-3/h12,16H,4-9,11H2,1-3H3. The van der Waals surface area contributed by atoms with Gasteiger partial charge in [-0.2, -0.15) is 5.26 Å². The summed E-state index contributed by atoms with van der Waals surface area (Å²) in [6.45, 7) is 7.08. The molecule has 0 aromatic carbocycles. The summed E-state index contributed by atoms with van der Waals surface area (Å²) in [7, 11) is 1.91. The quantitative estimate of drug-likeness (QED) is 0.808. The Morgan fingerprint density at radius 2 is 2.22 bits per heavy atom. The zero-order valence-electron chi connectivity index (χ0n) is 11.8. The molecule has 4 nitrogen and oxygen atoms in total. The first-order chi connectivity index (χ1) is 8.50. The van der Waals surface area contributed by atoms with Crippen molar-refractivity contribution in [2.75, 3.05) is 26.7 Å². The lowest BCUT2D eigenvalue weighted by molar-refractivity contribution is -0.102. The second-order valence-corrected chi connectivity index (χ2v) is 6.27. The van der Waals surface area contributed by atoms with Crippen molar-refractivity contribution in [3.8, 4) is 6.07 Å². The van der Waals surface area contributed by atoms with Crippen molar-refractivity contribution in [3.05, 3.63) is 0 Å². The van der Waals surface area contributed by atoms with Gasteiger partial charge < -0.3 is 10.1 Å². The van der Waals surface area contributed by atoms with E-state index in [1.165, 1.54) is 6.42 Å². The molecular formula is C14H25N3O. The molecule has 1 aliphatic carbocycles. The Morgan fingerprint density at radius 1 is 1.44 bits per heavy atom. The fourth-order valence-corrected chi connectivity index (χ4v) is 3.31. The van der Waals surface area contributed by atoms with Gasteiger partial charge in [0.25, 0.3) is 0 Å². The zero-order chi connectivity index (χ0) is 13.2. The third-order valence-electron chi connectivity index (χ3n) is 4.39. The molecule has 0 spiro atoms. The molecule has 2 atom stereocenters. The third-order valence-corrected chi connectivity index (χ3v) is 4.39. The third kappa shape index (κ3) is 2.85. The van der Waals surface area contributed by atoms with Crippen molar-refractivity contribution in [3.63, 3.8) is 0 Å². The van der Waals surface area contributed by atoms with Gasteiger partial charge in [-0.15, -0.1) is 0 Å².